The Kier molecular flexibility index (Phi) is 6.21. The molecule has 0 aliphatic rings. The molecule has 6 nitrogen and oxygen atoms in total. The van der Waals surface area contributed by atoms with E-state index in [1.165, 1.54) is 0 Å². The summed E-state index contributed by atoms with van der Waals surface area (Å²) in [6.45, 7) is 4.18. The van der Waals surface area contributed by atoms with E-state index in [9.17, 15) is 0 Å². The van der Waals surface area contributed by atoms with Crippen LogP contribution in [0.15, 0.2) is 24.3 Å². The van der Waals surface area contributed by atoms with Crippen LogP contribution in [0.3, 0.4) is 0 Å². The van der Waals surface area contributed by atoms with Crippen LogP contribution in [-0.2, 0) is 13.0 Å². The quantitative estimate of drug-likeness (QED) is 0.717. The van der Waals surface area contributed by atoms with Crippen molar-refractivity contribution in [2.75, 3.05) is 20.3 Å². The fraction of sp³-hybridized carbons (Fsp3) is 0.500. The molecule has 0 aliphatic heterocycles. The Morgan fingerprint density at radius 2 is 1.86 bits per heavy atom. The summed E-state index contributed by atoms with van der Waals surface area (Å²) in [6.07, 6.45) is 2.72. The zero-order valence-corrected chi connectivity index (χ0v) is 13.3. The van der Waals surface area contributed by atoms with Crippen LogP contribution in [0.2, 0.25) is 0 Å². The minimum absolute atomic E-state index is 0.643. The van der Waals surface area contributed by atoms with Gasteiger partial charge in [0.05, 0.1) is 25.1 Å². The number of hydrogen-bond donors (Lipinski definition) is 1. The Hall–Kier alpha value is -2.08. The fourth-order valence-electron chi connectivity index (χ4n) is 2.19. The van der Waals surface area contributed by atoms with E-state index >= 15 is 0 Å². The first-order chi connectivity index (χ1) is 10.7. The molecule has 0 aliphatic carbocycles. The Bertz CT molecular complexity index is 566. The Balaban J connectivity index is 1.75. The molecule has 2 rings (SSSR count). The first-order valence-corrected chi connectivity index (χ1v) is 7.60. The minimum Gasteiger partial charge on any atom is -0.497 e. The van der Waals surface area contributed by atoms with E-state index in [1.807, 2.05) is 28.9 Å². The molecule has 0 radical (unpaired) electrons. The fourth-order valence-corrected chi connectivity index (χ4v) is 2.19. The average molecular weight is 304 g/mol. The lowest BCUT2D eigenvalue weighted by atomic mass is 10.2. The summed E-state index contributed by atoms with van der Waals surface area (Å²) in [4.78, 5) is 0. The van der Waals surface area contributed by atoms with Crippen LogP contribution in [0.4, 0.5) is 0 Å². The van der Waals surface area contributed by atoms with Gasteiger partial charge in [-0.05, 0) is 50.6 Å². The van der Waals surface area contributed by atoms with Gasteiger partial charge in [-0.3, -0.25) is 0 Å². The van der Waals surface area contributed by atoms with Gasteiger partial charge >= 0.3 is 0 Å². The van der Waals surface area contributed by atoms with Crippen molar-refractivity contribution in [2.45, 2.75) is 32.7 Å². The highest BCUT2D eigenvalue weighted by atomic mass is 16.5. The molecule has 0 saturated heterocycles. The maximum Gasteiger partial charge on any atom is 0.119 e. The predicted octanol–water partition coefficient (Wildman–Crippen LogP) is 1.96. The minimum atomic E-state index is 0.643. The van der Waals surface area contributed by atoms with Crippen LogP contribution in [0, 0.1) is 6.92 Å². The van der Waals surface area contributed by atoms with Crippen LogP contribution < -0.4 is 15.2 Å². The molecule has 0 unspecified atom stereocenters. The van der Waals surface area contributed by atoms with Crippen molar-refractivity contribution >= 4 is 0 Å². The van der Waals surface area contributed by atoms with Crippen molar-refractivity contribution in [1.82, 2.24) is 15.0 Å². The molecule has 0 atom stereocenters. The van der Waals surface area contributed by atoms with Gasteiger partial charge in [0, 0.05) is 13.0 Å². The van der Waals surface area contributed by atoms with Gasteiger partial charge in [-0.15, -0.1) is 5.10 Å². The lowest BCUT2D eigenvalue weighted by Gasteiger charge is -2.08. The molecule has 22 heavy (non-hydrogen) atoms. The highest BCUT2D eigenvalue weighted by Gasteiger charge is 2.07. The molecule has 120 valence electrons. The van der Waals surface area contributed by atoms with Crippen molar-refractivity contribution in [3.05, 3.63) is 35.7 Å². The number of rotatable bonds is 9. The van der Waals surface area contributed by atoms with E-state index in [0.29, 0.717) is 13.2 Å². The number of aromatic nitrogens is 3. The molecule has 0 bridgehead atoms. The molecule has 0 spiro atoms. The van der Waals surface area contributed by atoms with Gasteiger partial charge in [0.25, 0.3) is 0 Å². The number of hydrogen-bond acceptors (Lipinski definition) is 5. The van der Waals surface area contributed by atoms with Crippen molar-refractivity contribution in [3.63, 3.8) is 0 Å². The second kappa shape index (κ2) is 8.38. The Labute approximate surface area is 131 Å². The first kappa shape index (κ1) is 16.3. The van der Waals surface area contributed by atoms with E-state index in [-0.39, 0.29) is 0 Å². The zero-order valence-electron chi connectivity index (χ0n) is 13.3. The summed E-state index contributed by atoms with van der Waals surface area (Å²) in [7, 11) is 1.65. The summed E-state index contributed by atoms with van der Waals surface area (Å²) >= 11 is 0. The van der Waals surface area contributed by atoms with Crippen LogP contribution in [-0.4, -0.2) is 35.3 Å². The third-order valence-electron chi connectivity index (χ3n) is 3.54. The normalized spacial score (nSPS) is 10.7. The highest BCUT2D eigenvalue weighted by Crippen LogP contribution is 2.17. The second-order valence-corrected chi connectivity index (χ2v) is 5.11. The molecule has 1 heterocycles. The summed E-state index contributed by atoms with van der Waals surface area (Å²) in [5.74, 6) is 1.68. The largest absolute Gasteiger partial charge is 0.497 e. The summed E-state index contributed by atoms with van der Waals surface area (Å²) in [5.41, 5.74) is 7.69. The van der Waals surface area contributed by atoms with Crippen molar-refractivity contribution in [2.24, 2.45) is 5.73 Å². The van der Waals surface area contributed by atoms with Gasteiger partial charge in [-0.1, -0.05) is 5.21 Å². The molecule has 2 N–H and O–H groups in total. The molecule has 0 amide bonds. The van der Waals surface area contributed by atoms with Gasteiger partial charge in [0.2, 0.25) is 0 Å². The summed E-state index contributed by atoms with van der Waals surface area (Å²) < 4.78 is 12.8. The van der Waals surface area contributed by atoms with E-state index in [0.717, 1.165) is 48.7 Å². The van der Waals surface area contributed by atoms with Gasteiger partial charge in [-0.2, -0.15) is 0 Å². The number of aryl methyl sites for hydroxylation is 2. The van der Waals surface area contributed by atoms with E-state index in [2.05, 4.69) is 17.2 Å². The maximum absolute atomic E-state index is 5.71. The third kappa shape index (κ3) is 4.46. The number of methoxy groups -OCH3 is 1. The third-order valence-corrected chi connectivity index (χ3v) is 3.54. The summed E-state index contributed by atoms with van der Waals surface area (Å²) in [5, 5.41) is 8.40. The van der Waals surface area contributed by atoms with Gasteiger partial charge in [0.15, 0.2) is 0 Å². The van der Waals surface area contributed by atoms with E-state index in [1.54, 1.807) is 7.11 Å². The Morgan fingerprint density at radius 3 is 2.55 bits per heavy atom. The number of ether oxygens (including phenoxy) is 2. The molecule has 1 aromatic heterocycles. The van der Waals surface area contributed by atoms with Crippen LogP contribution in [0.5, 0.6) is 11.5 Å². The van der Waals surface area contributed by atoms with Gasteiger partial charge < -0.3 is 15.2 Å². The molecule has 1 aromatic carbocycles. The monoisotopic (exact) mass is 304 g/mol. The Morgan fingerprint density at radius 1 is 1.14 bits per heavy atom. The molecule has 6 heteroatoms. The van der Waals surface area contributed by atoms with Crippen molar-refractivity contribution in [3.8, 4) is 11.5 Å². The van der Waals surface area contributed by atoms with Gasteiger partial charge in [-0.25, -0.2) is 4.68 Å². The van der Waals surface area contributed by atoms with Crippen LogP contribution in [0.25, 0.3) is 0 Å². The highest BCUT2D eigenvalue weighted by molar-refractivity contribution is 5.31. The molecular weight excluding hydrogens is 280 g/mol. The predicted molar refractivity (Wildman–Crippen MR) is 85.2 cm³/mol. The lowest BCUT2D eigenvalue weighted by molar-refractivity contribution is 0.296. The topological polar surface area (TPSA) is 75.2 Å². The van der Waals surface area contributed by atoms with Gasteiger partial charge in [0.1, 0.15) is 11.5 Å². The number of nitrogens with zero attached hydrogens (tertiary/aromatic N) is 3. The maximum atomic E-state index is 5.71. The zero-order chi connectivity index (χ0) is 15.8. The van der Waals surface area contributed by atoms with E-state index in [4.69, 9.17) is 15.2 Å². The molecule has 0 saturated carbocycles. The van der Waals surface area contributed by atoms with Crippen molar-refractivity contribution in [1.29, 1.82) is 0 Å². The average Bonchev–Trinajstić information content (AvgIpc) is 2.90. The van der Waals surface area contributed by atoms with Crippen LogP contribution in [0.1, 0.15) is 24.2 Å². The number of nitrogens with two attached hydrogens (primary N) is 1. The molecular formula is C16H24N4O2. The molecule has 2 aromatic rings. The van der Waals surface area contributed by atoms with Crippen LogP contribution >= 0.6 is 0 Å². The second-order valence-electron chi connectivity index (χ2n) is 5.11. The van der Waals surface area contributed by atoms with E-state index < -0.39 is 0 Å². The standard InChI is InChI=1S/C16H24N4O2/c1-13-16(5-3-10-17)18-19-20(13)11-4-12-22-15-8-6-14(21-2)7-9-15/h6-9H,3-5,10-12,17H2,1-2H3. The first-order valence-electron chi connectivity index (χ1n) is 7.60. The smallest absolute Gasteiger partial charge is 0.119 e. The van der Waals surface area contributed by atoms with Crippen molar-refractivity contribution < 1.29 is 9.47 Å². The SMILES string of the molecule is COc1ccc(OCCCn2nnc(CCCN)c2C)cc1. The lowest BCUT2D eigenvalue weighted by Crippen LogP contribution is -2.08. The molecule has 0 fully saturated rings. The number of benzene rings is 1. The summed E-state index contributed by atoms with van der Waals surface area (Å²) in [6, 6.07) is 7.59.